The van der Waals surface area contributed by atoms with Crippen molar-refractivity contribution in [2.45, 2.75) is 23.7 Å². The van der Waals surface area contributed by atoms with Crippen LogP contribution in [0.5, 0.6) is 0 Å². The van der Waals surface area contributed by atoms with E-state index in [0.717, 1.165) is 39.8 Å². The van der Waals surface area contributed by atoms with Crippen molar-refractivity contribution in [2.24, 2.45) is 0 Å². The molecule has 1 N–H and O–H groups in total. The molecule has 0 radical (unpaired) electrons. The van der Waals surface area contributed by atoms with Crippen molar-refractivity contribution in [3.8, 4) is 0 Å². The molecule has 0 saturated heterocycles. The number of benzene rings is 1. The Labute approximate surface area is 132 Å². The van der Waals surface area contributed by atoms with Crippen LogP contribution in [0.15, 0.2) is 44.6 Å². The molecule has 0 aliphatic carbocycles. The third kappa shape index (κ3) is 3.64. The van der Waals surface area contributed by atoms with E-state index in [1.807, 2.05) is 18.2 Å². The molecule has 2 heterocycles. The highest BCUT2D eigenvalue weighted by atomic mass is 32.2. The van der Waals surface area contributed by atoms with Crippen molar-refractivity contribution in [1.82, 2.24) is 15.5 Å². The molecule has 3 rings (SSSR count). The molecule has 0 bridgehead atoms. The maximum atomic E-state index is 5.99. The summed E-state index contributed by atoms with van der Waals surface area (Å²) in [6, 6.07) is 10.4. The van der Waals surface area contributed by atoms with Gasteiger partial charge in [-0.15, -0.1) is 10.2 Å². The molecule has 0 aliphatic rings. The lowest BCUT2D eigenvalue weighted by molar-refractivity contribution is 0.456. The minimum Gasteiger partial charge on any atom is -0.459 e. The van der Waals surface area contributed by atoms with E-state index in [2.05, 4.69) is 34.6 Å². The lowest BCUT2D eigenvalue weighted by Crippen LogP contribution is -2.23. The minimum absolute atomic E-state index is 0.186. The van der Waals surface area contributed by atoms with E-state index in [9.17, 15) is 0 Å². The standard InChI is InChI=1S/C15H17N3OS2/c1-2-7-16-12(9-20-15-18-17-10-21-15)14-8-11-5-3-4-6-13(11)19-14/h3-6,8,10,12,16H,2,7,9H2,1H3. The van der Waals surface area contributed by atoms with Gasteiger partial charge in [-0.1, -0.05) is 48.2 Å². The van der Waals surface area contributed by atoms with E-state index in [4.69, 9.17) is 4.42 Å². The largest absolute Gasteiger partial charge is 0.459 e. The molecule has 0 fully saturated rings. The summed E-state index contributed by atoms with van der Waals surface area (Å²) in [6.45, 7) is 3.14. The summed E-state index contributed by atoms with van der Waals surface area (Å²) in [5.41, 5.74) is 2.70. The van der Waals surface area contributed by atoms with Crippen molar-refractivity contribution in [3.63, 3.8) is 0 Å². The predicted molar refractivity (Wildman–Crippen MR) is 87.9 cm³/mol. The minimum atomic E-state index is 0.186. The molecule has 21 heavy (non-hydrogen) atoms. The van der Waals surface area contributed by atoms with Crippen molar-refractivity contribution >= 4 is 34.1 Å². The fourth-order valence-electron chi connectivity index (χ4n) is 2.11. The molecule has 4 nitrogen and oxygen atoms in total. The first kappa shape index (κ1) is 14.6. The van der Waals surface area contributed by atoms with Crippen LogP contribution in [0.25, 0.3) is 11.0 Å². The van der Waals surface area contributed by atoms with Gasteiger partial charge in [0.05, 0.1) is 6.04 Å². The highest BCUT2D eigenvalue weighted by Gasteiger charge is 2.16. The van der Waals surface area contributed by atoms with Crippen LogP contribution >= 0.6 is 23.1 Å². The van der Waals surface area contributed by atoms with E-state index < -0.39 is 0 Å². The first-order chi connectivity index (χ1) is 10.4. The lowest BCUT2D eigenvalue weighted by Gasteiger charge is -2.14. The Hall–Kier alpha value is -1.37. The van der Waals surface area contributed by atoms with Gasteiger partial charge in [-0.2, -0.15) is 0 Å². The number of nitrogens with zero attached hydrogens (tertiary/aromatic N) is 2. The van der Waals surface area contributed by atoms with Crippen molar-refractivity contribution in [3.05, 3.63) is 41.6 Å². The zero-order valence-electron chi connectivity index (χ0n) is 11.8. The Kier molecular flexibility index (Phi) is 4.90. The third-order valence-corrected chi connectivity index (χ3v) is 5.10. The van der Waals surface area contributed by atoms with E-state index in [0.29, 0.717) is 0 Å². The molecule has 1 atom stereocenters. The molecule has 6 heteroatoms. The normalized spacial score (nSPS) is 12.8. The number of hydrogen-bond donors (Lipinski definition) is 1. The molecule has 0 spiro atoms. The summed E-state index contributed by atoms with van der Waals surface area (Å²) < 4.78 is 6.98. The molecule has 3 aromatic rings. The zero-order chi connectivity index (χ0) is 14.5. The molecule has 110 valence electrons. The number of nitrogens with one attached hydrogen (secondary N) is 1. The first-order valence-electron chi connectivity index (χ1n) is 6.97. The highest BCUT2D eigenvalue weighted by Crippen LogP contribution is 2.29. The van der Waals surface area contributed by atoms with Crippen LogP contribution < -0.4 is 5.32 Å². The van der Waals surface area contributed by atoms with Gasteiger partial charge >= 0.3 is 0 Å². The number of fused-ring (bicyclic) bond motifs is 1. The number of furan rings is 1. The molecule has 1 unspecified atom stereocenters. The smallest absolute Gasteiger partial charge is 0.174 e. The number of aromatic nitrogens is 2. The molecular formula is C15H17N3OS2. The molecule has 0 saturated carbocycles. The Morgan fingerprint density at radius 3 is 3.05 bits per heavy atom. The van der Waals surface area contributed by atoms with Crippen LogP contribution in [0.1, 0.15) is 25.1 Å². The van der Waals surface area contributed by atoms with Gasteiger partial charge in [-0.05, 0) is 25.1 Å². The van der Waals surface area contributed by atoms with Crippen LogP contribution in [0.3, 0.4) is 0 Å². The molecule has 0 amide bonds. The fourth-order valence-corrected chi connectivity index (χ4v) is 3.70. The maximum Gasteiger partial charge on any atom is 0.174 e. The Morgan fingerprint density at radius 2 is 2.29 bits per heavy atom. The van der Waals surface area contributed by atoms with E-state index in [1.54, 1.807) is 28.6 Å². The quantitative estimate of drug-likeness (QED) is 0.664. The predicted octanol–water partition coefficient (Wildman–Crippen LogP) is 4.12. The summed E-state index contributed by atoms with van der Waals surface area (Å²) >= 11 is 3.28. The molecular weight excluding hydrogens is 302 g/mol. The summed E-state index contributed by atoms with van der Waals surface area (Å²) in [7, 11) is 0. The molecule has 2 aromatic heterocycles. The van der Waals surface area contributed by atoms with Crippen LogP contribution in [0.4, 0.5) is 0 Å². The van der Waals surface area contributed by atoms with Crippen molar-refractivity contribution < 1.29 is 4.42 Å². The van der Waals surface area contributed by atoms with E-state index >= 15 is 0 Å². The van der Waals surface area contributed by atoms with E-state index in [-0.39, 0.29) is 6.04 Å². The Balaban J connectivity index is 1.76. The maximum absolute atomic E-state index is 5.99. The van der Waals surface area contributed by atoms with Gasteiger partial charge in [0.1, 0.15) is 16.9 Å². The number of para-hydroxylation sites is 1. The molecule has 1 aromatic carbocycles. The van der Waals surface area contributed by atoms with Gasteiger partial charge < -0.3 is 9.73 Å². The topological polar surface area (TPSA) is 51.0 Å². The second-order valence-electron chi connectivity index (χ2n) is 4.71. The van der Waals surface area contributed by atoms with Gasteiger partial charge in [0.25, 0.3) is 0 Å². The SMILES string of the molecule is CCCNC(CSc1nncs1)c1cc2ccccc2o1. The van der Waals surface area contributed by atoms with Crippen molar-refractivity contribution in [2.75, 3.05) is 12.3 Å². The van der Waals surface area contributed by atoms with Gasteiger partial charge in [-0.3, -0.25) is 0 Å². The second kappa shape index (κ2) is 7.06. The van der Waals surface area contributed by atoms with Crippen molar-refractivity contribution in [1.29, 1.82) is 0 Å². The second-order valence-corrected chi connectivity index (χ2v) is 6.81. The molecule has 0 aliphatic heterocycles. The zero-order valence-corrected chi connectivity index (χ0v) is 13.4. The summed E-state index contributed by atoms with van der Waals surface area (Å²) in [4.78, 5) is 0. The summed E-state index contributed by atoms with van der Waals surface area (Å²) in [5.74, 6) is 1.87. The van der Waals surface area contributed by atoms with Crippen LogP contribution in [-0.4, -0.2) is 22.5 Å². The average Bonchev–Trinajstić information content (AvgIpc) is 3.16. The summed E-state index contributed by atoms with van der Waals surface area (Å²) in [6.07, 6.45) is 1.10. The number of rotatable bonds is 7. The third-order valence-electron chi connectivity index (χ3n) is 3.14. The fraction of sp³-hybridized carbons (Fsp3) is 0.333. The first-order valence-corrected chi connectivity index (χ1v) is 8.84. The van der Waals surface area contributed by atoms with Gasteiger partial charge in [0.15, 0.2) is 4.34 Å². The Bertz CT molecular complexity index is 648. The van der Waals surface area contributed by atoms with E-state index in [1.165, 1.54) is 0 Å². The monoisotopic (exact) mass is 319 g/mol. The van der Waals surface area contributed by atoms with Gasteiger partial charge in [0, 0.05) is 11.1 Å². The Morgan fingerprint density at radius 1 is 1.38 bits per heavy atom. The van der Waals surface area contributed by atoms with Crippen LogP contribution in [0, 0.1) is 0 Å². The highest BCUT2D eigenvalue weighted by molar-refractivity contribution is 8.01. The number of thioether (sulfide) groups is 1. The number of hydrogen-bond acceptors (Lipinski definition) is 6. The summed E-state index contributed by atoms with van der Waals surface area (Å²) in [5, 5.41) is 12.7. The van der Waals surface area contributed by atoms with Gasteiger partial charge in [-0.25, -0.2) is 0 Å². The van der Waals surface area contributed by atoms with Gasteiger partial charge in [0.2, 0.25) is 0 Å². The average molecular weight is 319 g/mol. The van der Waals surface area contributed by atoms with Crippen LogP contribution in [-0.2, 0) is 0 Å². The lowest BCUT2D eigenvalue weighted by atomic mass is 10.2. The van der Waals surface area contributed by atoms with Crippen LogP contribution in [0.2, 0.25) is 0 Å².